The topological polar surface area (TPSA) is 50.6 Å². The normalized spacial score (nSPS) is 21.6. The van der Waals surface area contributed by atoms with E-state index in [4.69, 9.17) is 4.74 Å². The highest BCUT2D eigenvalue weighted by Crippen LogP contribution is 2.38. The van der Waals surface area contributed by atoms with Gasteiger partial charge in [-0.3, -0.25) is 9.48 Å². The zero-order valence-electron chi connectivity index (χ0n) is 16.4. The minimum Gasteiger partial charge on any atom is -0.373 e. The number of likely N-dealkylation sites (tertiary alicyclic amines) is 1. The zero-order valence-corrected chi connectivity index (χ0v) is 16.4. The first kappa shape index (κ1) is 18.0. The zero-order chi connectivity index (χ0) is 19.0. The molecule has 1 aromatic carbocycles. The van der Waals surface area contributed by atoms with Crippen LogP contribution in [0.1, 0.15) is 35.3 Å². The number of hydrogen-bond acceptors (Lipinski definition) is 4. The van der Waals surface area contributed by atoms with Gasteiger partial charge in [0.1, 0.15) is 5.69 Å². The standard InChI is InChI=1S/C21H28N4O2/c1-16-4-6-17(7-5-16)23(2)18-14-21(27-15-18)9-12-25(13-10-21)20(26)19-8-11-22-24(19)3/h4-8,11,18H,9-10,12-15H2,1-3H3. The Morgan fingerprint density at radius 2 is 1.93 bits per heavy atom. The fourth-order valence-electron chi connectivity index (χ4n) is 4.27. The third-order valence-electron chi connectivity index (χ3n) is 6.18. The number of carbonyl (C=O) groups excluding carboxylic acids is 1. The number of carbonyl (C=O) groups is 1. The van der Waals surface area contributed by atoms with Gasteiger partial charge in [0.25, 0.3) is 5.91 Å². The summed E-state index contributed by atoms with van der Waals surface area (Å²) in [6.45, 7) is 4.34. The van der Waals surface area contributed by atoms with E-state index >= 15 is 0 Å². The van der Waals surface area contributed by atoms with Gasteiger partial charge in [0.2, 0.25) is 0 Å². The van der Waals surface area contributed by atoms with Gasteiger partial charge in [-0.25, -0.2) is 0 Å². The molecular formula is C21H28N4O2. The molecule has 0 N–H and O–H groups in total. The number of aromatic nitrogens is 2. The van der Waals surface area contributed by atoms with Gasteiger partial charge in [-0.05, 0) is 44.4 Å². The van der Waals surface area contributed by atoms with Crippen LogP contribution in [0.3, 0.4) is 0 Å². The molecule has 0 radical (unpaired) electrons. The number of amides is 1. The van der Waals surface area contributed by atoms with Gasteiger partial charge >= 0.3 is 0 Å². The van der Waals surface area contributed by atoms with Crippen LogP contribution in [0, 0.1) is 6.92 Å². The van der Waals surface area contributed by atoms with Crippen molar-refractivity contribution in [3.05, 3.63) is 47.8 Å². The first-order valence-corrected chi connectivity index (χ1v) is 9.68. The summed E-state index contributed by atoms with van der Waals surface area (Å²) in [5, 5.41) is 4.11. The number of piperidine rings is 1. The summed E-state index contributed by atoms with van der Waals surface area (Å²) in [4.78, 5) is 17.0. The minimum atomic E-state index is -0.0904. The summed E-state index contributed by atoms with van der Waals surface area (Å²) >= 11 is 0. The Labute approximate surface area is 160 Å². The second kappa shape index (κ2) is 7.00. The Balaban J connectivity index is 1.37. The molecule has 0 bridgehead atoms. The molecule has 27 heavy (non-hydrogen) atoms. The fourth-order valence-corrected chi connectivity index (χ4v) is 4.27. The van der Waals surface area contributed by atoms with E-state index in [2.05, 4.69) is 48.2 Å². The van der Waals surface area contributed by atoms with Gasteiger partial charge in [-0.1, -0.05) is 17.7 Å². The van der Waals surface area contributed by atoms with E-state index in [1.54, 1.807) is 16.9 Å². The van der Waals surface area contributed by atoms with E-state index in [1.165, 1.54) is 11.3 Å². The van der Waals surface area contributed by atoms with Crippen LogP contribution in [0.5, 0.6) is 0 Å². The van der Waals surface area contributed by atoms with Crippen LogP contribution in [0.15, 0.2) is 36.5 Å². The van der Waals surface area contributed by atoms with Crippen LogP contribution in [0.2, 0.25) is 0 Å². The van der Waals surface area contributed by atoms with Gasteiger partial charge in [-0.15, -0.1) is 0 Å². The van der Waals surface area contributed by atoms with Crippen molar-refractivity contribution < 1.29 is 9.53 Å². The fraction of sp³-hybridized carbons (Fsp3) is 0.524. The Hall–Kier alpha value is -2.34. The molecule has 1 aromatic heterocycles. The van der Waals surface area contributed by atoms with Crippen LogP contribution in [0.25, 0.3) is 0 Å². The van der Waals surface area contributed by atoms with Crippen molar-refractivity contribution in [2.75, 3.05) is 31.6 Å². The molecular weight excluding hydrogens is 340 g/mol. The molecule has 1 unspecified atom stereocenters. The molecule has 0 aliphatic carbocycles. The lowest BCUT2D eigenvalue weighted by Crippen LogP contribution is -2.47. The molecule has 6 heteroatoms. The predicted octanol–water partition coefficient (Wildman–Crippen LogP) is 2.63. The average Bonchev–Trinajstić information content (AvgIpc) is 3.29. The Morgan fingerprint density at radius 1 is 1.22 bits per heavy atom. The second-order valence-electron chi connectivity index (χ2n) is 7.93. The van der Waals surface area contributed by atoms with Gasteiger partial charge in [0.05, 0.1) is 18.2 Å². The van der Waals surface area contributed by atoms with E-state index in [9.17, 15) is 4.79 Å². The van der Waals surface area contributed by atoms with Gasteiger partial charge in [-0.2, -0.15) is 5.10 Å². The number of ether oxygens (including phenoxy) is 1. The lowest BCUT2D eigenvalue weighted by molar-refractivity contribution is -0.0390. The highest BCUT2D eigenvalue weighted by atomic mass is 16.5. The molecule has 2 aromatic rings. The molecule has 1 spiro atoms. The third kappa shape index (κ3) is 3.46. The molecule has 4 rings (SSSR count). The molecule has 1 atom stereocenters. The summed E-state index contributed by atoms with van der Waals surface area (Å²) in [5.74, 6) is 0.0659. The number of benzene rings is 1. The van der Waals surface area contributed by atoms with Gasteiger partial charge in [0.15, 0.2) is 0 Å². The van der Waals surface area contributed by atoms with Crippen molar-refractivity contribution in [3.8, 4) is 0 Å². The second-order valence-corrected chi connectivity index (χ2v) is 7.93. The van der Waals surface area contributed by atoms with E-state index in [0.29, 0.717) is 11.7 Å². The SMILES string of the molecule is Cc1ccc(N(C)C2COC3(CCN(C(=O)c4ccnn4C)CC3)C2)cc1. The van der Waals surface area contributed by atoms with E-state index in [1.807, 2.05) is 11.9 Å². The highest BCUT2D eigenvalue weighted by Gasteiger charge is 2.44. The molecule has 2 fully saturated rings. The van der Waals surface area contributed by atoms with Crippen molar-refractivity contribution in [2.24, 2.45) is 7.05 Å². The first-order valence-electron chi connectivity index (χ1n) is 9.68. The molecule has 1 amide bonds. The Kier molecular flexibility index (Phi) is 4.68. The lowest BCUT2D eigenvalue weighted by Gasteiger charge is -2.39. The predicted molar refractivity (Wildman–Crippen MR) is 105 cm³/mol. The summed E-state index contributed by atoms with van der Waals surface area (Å²) < 4.78 is 7.95. The molecule has 2 saturated heterocycles. The van der Waals surface area contributed by atoms with Crippen molar-refractivity contribution >= 4 is 11.6 Å². The molecule has 144 valence electrons. The lowest BCUT2D eigenvalue weighted by atomic mass is 9.87. The average molecular weight is 368 g/mol. The van der Waals surface area contributed by atoms with Crippen LogP contribution < -0.4 is 4.90 Å². The summed E-state index contributed by atoms with van der Waals surface area (Å²) in [6, 6.07) is 10.8. The van der Waals surface area contributed by atoms with Crippen molar-refractivity contribution in [3.63, 3.8) is 0 Å². The van der Waals surface area contributed by atoms with Crippen molar-refractivity contribution in [1.29, 1.82) is 0 Å². The number of hydrogen-bond donors (Lipinski definition) is 0. The number of rotatable bonds is 3. The molecule has 3 heterocycles. The summed E-state index contributed by atoms with van der Waals surface area (Å²) in [7, 11) is 3.96. The molecule has 0 saturated carbocycles. The Bertz CT molecular complexity index is 806. The summed E-state index contributed by atoms with van der Waals surface area (Å²) in [6.07, 6.45) is 4.49. The van der Waals surface area contributed by atoms with Crippen molar-refractivity contribution in [1.82, 2.24) is 14.7 Å². The maximum Gasteiger partial charge on any atom is 0.272 e. The van der Waals surface area contributed by atoms with E-state index in [0.717, 1.165) is 39.0 Å². The largest absolute Gasteiger partial charge is 0.373 e. The number of anilines is 1. The smallest absolute Gasteiger partial charge is 0.272 e. The van der Waals surface area contributed by atoms with Crippen molar-refractivity contribution in [2.45, 2.75) is 37.8 Å². The van der Waals surface area contributed by atoms with E-state index < -0.39 is 0 Å². The van der Waals surface area contributed by atoms with Crippen LogP contribution >= 0.6 is 0 Å². The number of likely N-dealkylation sites (N-methyl/N-ethyl adjacent to an activating group) is 1. The number of nitrogens with zero attached hydrogens (tertiary/aromatic N) is 4. The Morgan fingerprint density at radius 3 is 2.56 bits per heavy atom. The van der Waals surface area contributed by atoms with Gasteiger partial charge in [0, 0.05) is 39.1 Å². The molecule has 2 aliphatic heterocycles. The van der Waals surface area contributed by atoms with Crippen LogP contribution in [0.4, 0.5) is 5.69 Å². The third-order valence-corrected chi connectivity index (χ3v) is 6.18. The maximum absolute atomic E-state index is 12.7. The monoisotopic (exact) mass is 368 g/mol. The van der Waals surface area contributed by atoms with Gasteiger partial charge < -0.3 is 14.5 Å². The maximum atomic E-state index is 12.7. The molecule has 2 aliphatic rings. The van der Waals surface area contributed by atoms with Crippen LogP contribution in [-0.2, 0) is 11.8 Å². The van der Waals surface area contributed by atoms with Crippen LogP contribution in [-0.4, -0.2) is 59.0 Å². The van der Waals surface area contributed by atoms with E-state index in [-0.39, 0.29) is 11.5 Å². The first-order chi connectivity index (χ1) is 13.0. The minimum absolute atomic E-state index is 0.0659. The highest BCUT2D eigenvalue weighted by molar-refractivity contribution is 5.92. The summed E-state index contributed by atoms with van der Waals surface area (Å²) in [5.41, 5.74) is 3.06. The number of aryl methyl sites for hydroxylation is 2. The quantitative estimate of drug-likeness (QED) is 0.836. The molecule has 6 nitrogen and oxygen atoms in total.